The molecule has 9 heteroatoms. The molecule has 1 aromatic rings. The molecular formula is C21H27FN4O3S. The van der Waals surface area contributed by atoms with Gasteiger partial charge in [0.15, 0.2) is 0 Å². The molecule has 0 unspecified atom stereocenters. The number of hydrogen-bond acceptors (Lipinski definition) is 5. The molecular weight excluding hydrogens is 407 g/mol. The standard InChI is InChI=1S/C21H27FN4O3S/c1-14(27)24-6-8-25(9-7-24)19-5-4-16(11-18(19)22)26-13-17(29-21(26)28)12-23-20(30)10-15-2-3-15/h4-5,11,15,17H,2-3,6-10,12-13H2,1H3,(H,23,30)/t17-/m0/s1. The van der Waals surface area contributed by atoms with E-state index in [0.29, 0.717) is 56.6 Å². The number of ether oxygens (including phenoxy) is 1. The van der Waals surface area contributed by atoms with E-state index in [1.165, 1.54) is 23.8 Å². The first-order chi connectivity index (χ1) is 14.4. The number of carbonyl (C=O) groups is 2. The van der Waals surface area contributed by atoms with Crippen LogP contribution in [0.15, 0.2) is 18.2 Å². The fourth-order valence-electron chi connectivity index (χ4n) is 3.91. The van der Waals surface area contributed by atoms with E-state index in [1.54, 1.807) is 24.0 Å². The van der Waals surface area contributed by atoms with E-state index < -0.39 is 6.09 Å². The molecule has 1 N–H and O–H groups in total. The predicted octanol–water partition coefficient (Wildman–Crippen LogP) is 2.54. The molecule has 0 radical (unpaired) electrons. The molecule has 2 amide bonds. The van der Waals surface area contributed by atoms with Gasteiger partial charge in [-0.25, -0.2) is 9.18 Å². The van der Waals surface area contributed by atoms with Crippen molar-refractivity contribution in [3.63, 3.8) is 0 Å². The summed E-state index contributed by atoms with van der Waals surface area (Å²) in [6.45, 7) is 4.68. The number of rotatable bonds is 6. The van der Waals surface area contributed by atoms with Crippen LogP contribution >= 0.6 is 12.2 Å². The molecule has 162 valence electrons. The van der Waals surface area contributed by atoms with Crippen molar-refractivity contribution in [1.29, 1.82) is 0 Å². The van der Waals surface area contributed by atoms with E-state index in [4.69, 9.17) is 17.0 Å². The van der Waals surface area contributed by atoms with Crippen molar-refractivity contribution < 1.29 is 18.7 Å². The van der Waals surface area contributed by atoms with Gasteiger partial charge in [-0.05, 0) is 37.0 Å². The maximum atomic E-state index is 14.8. The minimum Gasteiger partial charge on any atom is -0.442 e. The van der Waals surface area contributed by atoms with E-state index in [1.807, 2.05) is 4.90 Å². The summed E-state index contributed by atoms with van der Waals surface area (Å²) in [6.07, 6.45) is 2.58. The summed E-state index contributed by atoms with van der Waals surface area (Å²) in [6, 6.07) is 4.81. The van der Waals surface area contributed by atoms with Crippen molar-refractivity contribution in [2.75, 3.05) is 49.1 Å². The van der Waals surface area contributed by atoms with Gasteiger partial charge in [0.25, 0.3) is 0 Å². The molecule has 30 heavy (non-hydrogen) atoms. The third-order valence-electron chi connectivity index (χ3n) is 5.88. The van der Waals surface area contributed by atoms with Gasteiger partial charge in [0, 0.05) is 39.5 Å². The Kier molecular flexibility index (Phi) is 6.08. The zero-order valence-corrected chi connectivity index (χ0v) is 17.9. The second-order valence-corrected chi connectivity index (χ2v) is 8.69. The van der Waals surface area contributed by atoms with Crippen molar-refractivity contribution in [3.8, 4) is 0 Å². The van der Waals surface area contributed by atoms with Gasteiger partial charge in [-0.15, -0.1) is 0 Å². The molecule has 2 heterocycles. The van der Waals surface area contributed by atoms with E-state index in [2.05, 4.69) is 5.32 Å². The number of anilines is 2. The molecule has 7 nitrogen and oxygen atoms in total. The van der Waals surface area contributed by atoms with Crippen molar-refractivity contribution in [1.82, 2.24) is 10.2 Å². The van der Waals surface area contributed by atoms with Crippen LogP contribution in [0.1, 0.15) is 26.2 Å². The second kappa shape index (κ2) is 8.75. The first kappa shape index (κ1) is 20.8. The van der Waals surface area contributed by atoms with Gasteiger partial charge in [0.05, 0.1) is 29.5 Å². The maximum Gasteiger partial charge on any atom is 0.414 e. The minimum absolute atomic E-state index is 0.0374. The number of halogens is 1. The Bertz CT molecular complexity index is 840. The summed E-state index contributed by atoms with van der Waals surface area (Å²) >= 11 is 5.33. The lowest BCUT2D eigenvalue weighted by atomic mass is 10.2. The summed E-state index contributed by atoms with van der Waals surface area (Å²) < 4.78 is 20.2. The Morgan fingerprint density at radius 3 is 2.63 bits per heavy atom. The van der Waals surface area contributed by atoms with Gasteiger partial charge in [0.1, 0.15) is 11.9 Å². The number of hydrogen-bond donors (Lipinski definition) is 1. The van der Waals surface area contributed by atoms with Crippen LogP contribution in [0.2, 0.25) is 0 Å². The third-order valence-corrected chi connectivity index (χ3v) is 6.19. The number of nitrogens with one attached hydrogen (secondary N) is 1. The molecule has 1 saturated carbocycles. The highest BCUT2D eigenvalue weighted by atomic mass is 32.1. The first-order valence-corrected chi connectivity index (χ1v) is 10.9. The van der Waals surface area contributed by atoms with E-state index in [9.17, 15) is 14.0 Å². The second-order valence-electron chi connectivity index (χ2n) is 8.20. The molecule has 1 atom stereocenters. The van der Waals surface area contributed by atoms with Crippen molar-refractivity contribution in [2.24, 2.45) is 5.92 Å². The molecule has 0 bridgehead atoms. The summed E-state index contributed by atoms with van der Waals surface area (Å²) in [5, 5.41) is 3.18. The number of piperazine rings is 1. The zero-order valence-electron chi connectivity index (χ0n) is 17.1. The van der Waals surface area contributed by atoms with Crippen molar-refractivity contribution in [2.45, 2.75) is 32.3 Å². The van der Waals surface area contributed by atoms with E-state index in [-0.39, 0.29) is 17.8 Å². The average Bonchev–Trinajstić information content (AvgIpc) is 3.45. The van der Waals surface area contributed by atoms with Crippen LogP contribution in [0.25, 0.3) is 0 Å². The normalized spacial score (nSPS) is 21.6. The number of cyclic esters (lactones) is 1. The van der Waals surface area contributed by atoms with Crippen LogP contribution in [0.3, 0.4) is 0 Å². The van der Waals surface area contributed by atoms with Gasteiger partial charge in [-0.1, -0.05) is 12.2 Å². The van der Waals surface area contributed by atoms with Gasteiger partial charge in [0.2, 0.25) is 5.91 Å². The van der Waals surface area contributed by atoms with Crippen molar-refractivity contribution in [3.05, 3.63) is 24.0 Å². The summed E-state index contributed by atoms with van der Waals surface area (Å²) in [4.78, 5) is 29.7. The van der Waals surface area contributed by atoms with Crippen LogP contribution in [-0.2, 0) is 9.53 Å². The van der Waals surface area contributed by atoms with Gasteiger partial charge in [-0.2, -0.15) is 0 Å². The Hall–Kier alpha value is -2.42. The first-order valence-electron chi connectivity index (χ1n) is 10.5. The summed E-state index contributed by atoms with van der Waals surface area (Å²) in [5.74, 6) is 0.360. The Morgan fingerprint density at radius 1 is 1.27 bits per heavy atom. The molecule has 2 saturated heterocycles. The molecule has 3 fully saturated rings. The topological polar surface area (TPSA) is 65.1 Å². The molecule has 0 spiro atoms. The highest BCUT2D eigenvalue weighted by Crippen LogP contribution is 2.32. The fraction of sp³-hybridized carbons (Fsp3) is 0.571. The van der Waals surface area contributed by atoms with Crippen LogP contribution in [-0.4, -0.2) is 67.3 Å². The van der Waals surface area contributed by atoms with Crippen LogP contribution < -0.4 is 15.1 Å². The SMILES string of the molecule is CC(=O)N1CCN(c2ccc(N3C[C@H](CNC(=S)CC4CC4)OC3=O)cc2F)CC1. The Balaban J connectivity index is 1.33. The van der Waals surface area contributed by atoms with Crippen LogP contribution in [0.4, 0.5) is 20.6 Å². The number of thiocarbonyl (C=S) groups is 1. The number of nitrogens with zero attached hydrogens (tertiary/aromatic N) is 3. The smallest absolute Gasteiger partial charge is 0.414 e. The van der Waals surface area contributed by atoms with Crippen LogP contribution in [0, 0.1) is 11.7 Å². The largest absolute Gasteiger partial charge is 0.442 e. The fourth-order valence-corrected chi connectivity index (χ4v) is 4.22. The maximum absolute atomic E-state index is 14.8. The van der Waals surface area contributed by atoms with Gasteiger partial charge < -0.3 is 19.9 Å². The quantitative estimate of drug-likeness (QED) is 0.695. The van der Waals surface area contributed by atoms with Crippen LogP contribution in [0.5, 0.6) is 0 Å². The molecule has 0 aromatic heterocycles. The minimum atomic E-state index is -0.475. The monoisotopic (exact) mass is 434 g/mol. The molecule has 2 aliphatic heterocycles. The van der Waals surface area contributed by atoms with E-state index >= 15 is 0 Å². The van der Waals surface area contributed by atoms with E-state index in [0.717, 1.165) is 11.4 Å². The number of benzene rings is 1. The Morgan fingerprint density at radius 2 is 2.00 bits per heavy atom. The summed E-state index contributed by atoms with van der Waals surface area (Å²) in [7, 11) is 0. The van der Waals surface area contributed by atoms with Crippen molar-refractivity contribution >= 4 is 40.6 Å². The number of carbonyl (C=O) groups excluding carboxylic acids is 2. The lowest BCUT2D eigenvalue weighted by Crippen LogP contribution is -2.48. The highest BCUT2D eigenvalue weighted by Gasteiger charge is 2.33. The van der Waals surface area contributed by atoms with Gasteiger partial charge in [-0.3, -0.25) is 9.69 Å². The Labute approximate surface area is 181 Å². The summed E-state index contributed by atoms with van der Waals surface area (Å²) in [5.41, 5.74) is 0.963. The lowest BCUT2D eigenvalue weighted by Gasteiger charge is -2.35. The molecule has 1 aromatic carbocycles. The average molecular weight is 435 g/mol. The van der Waals surface area contributed by atoms with Gasteiger partial charge >= 0.3 is 6.09 Å². The zero-order chi connectivity index (χ0) is 21.3. The number of amides is 2. The highest BCUT2D eigenvalue weighted by molar-refractivity contribution is 7.80. The molecule has 1 aliphatic carbocycles. The molecule has 4 rings (SSSR count). The third kappa shape index (κ3) is 4.83. The molecule has 3 aliphatic rings. The lowest BCUT2D eigenvalue weighted by molar-refractivity contribution is -0.129. The predicted molar refractivity (Wildman–Crippen MR) is 116 cm³/mol.